The summed E-state index contributed by atoms with van der Waals surface area (Å²) in [6, 6.07) is 0. The molecule has 0 aromatic carbocycles. The first-order valence-electron chi connectivity index (χ1n) is 14.5. The van der Waals surface area contributed by atoms with Gasteiger partial charge >= 0.3 is 0 Å². The lowest BCUT2D eigenvalue weighted by molar-refractivity contribution is -0.152. The molecule has 32 heavy (non-hydrogen) atoms. The molecule has 1 N–H and O–H groups in total. The fourth-order valence-electron chi connectivity index (χ4n) is 10.1. The SMILES string of the molecule is C/C=C\C[C@H]1C2CCC3C(CC[C@@]4(C)C3CC[C@@H]4[C@H](C)CCCC(C)C)[C@@]2(C)CC[C@H]1O. The minimum Gasteiger partial charge on any atom is -0.393 e. The normalized spacial score (nSPS) is 47.3. The summed E-state index contributed by atoms with van der Waals surface area (Å²) in [4.78, 5) is 0. The Morgan fingerprint density at radius 3 is 2.25 bits per heavy atom. The molecule has 184 valence electrons. The lowest BCUT2D eigenvalue weighted by Crippen LogP contribution is -2.56. The van der Waals surface area contributed by atoms with E-state index in [1.807, 2.05) is 0 Å². The fourth-order valence-corrected chi connectivity index (χ4v) is 10.1. The van der Waals surface area contributed by atoms with Crippen molar-refractivity contribution in [3.8, 4) is 0 Å². The van der Waals surface area contributed by atoms with Crippen molar-refractivity contribution in [3.05, 3.63) is 12.2 Å². The minimum atomic E-state index is -0.0720. The van der Waals surface area contributed by atoms with Crippen LogP contribution in [0.1, 0.15) is 119 Å². The molecular formula is C31H54O. The summed E-state index contributed by atoms with van der Waals surface area (Å²) >= 11 is 0. The summed E-state index contributed by atoms with van der Waals surface area (Å²) in [5, 5.41) is 10.9. The van der Waals surface area contributed by atoms with Gasteiger partial charge in [-0.2, -0.15) is 0 Å². The highest BCUT2D eigenvalue weighted by Gasteiger charge is 2.61. The van der Waals surface area contributed by atoms with Crippen LogP contribution in [0.3, 0.4) is 0 Å². The molecule has 1 heteroatoms. The molecule has 10 atom stereocenters. The van der Waals surface area contributed by atoms with Gasteiger partial charge in [0.05, 0.1) is 6.10 Å². The first-order chi connectivity index (χ1) is 15.2. The van der Waals surface area contributed by atoms with Gasteiger partial charge in [0.2, 0.25) is 0 Å². The molecule has 0 aliphatic heterocycles. The van der Waals surface area contributed by atoms with Crippen LogP contribution in [0.15, 0.2) is 12.2 Å². The summed E-state index contributed by atoms with van der Waals surface area (Å²) in [6.45, 7) is 14.9. The summed E-state index contributed by atoms with van der Waals surface area (Å²) in [5.41, 5.74) is 1.07. The third-order valence-electron chi connectivity index (χ3n) is 11.8. The van der Waals surface area contributed by atoms with Crippen LogP contribution in [0, 0.1) is 58.2 Å². The lowest BCUT2D eigenvalue weighted by atomic mass is 9.43. The van der Waals surface area contributed by atoms with Gasteiger partial charge in [-0.15, -0.1) is 0 Å². The molecule has 0 amide bonds. The Balaban J connectivity index is 1.48. The molecular weight excluding hydrogens is 388 g/mol. The van der Waals surface area contributed by atoms with Crippen LogP contribution in [0.2, 0.25) is 0 Å². The molecule has 4 saturated carbocycles. The predicted molar refractivity (Wildman–Crippen MR) is 137 cm³/mol. The van der Waals surface area contributed by atoms with Crippen LogP contribution in [0.4, 0.5) is 0 Å². The van der Waals surface area contributed by atoms with E-state index in [9.17, 15) is 5.11 Å². The van der Waals surface area contributed by atoms with Gasteiger partial charge < -0.3 is 5.11 Å². The molecule has 4 aliphatic carbocycles. The van der Waals surface area contributed by atoms with Crippen molar-refractivity contribution in [1.29, 1.82) is 0 Å². The fraction of sp³-hybridized carbons (Fsp3) is 0.935. The topological polar surface area (TPSA) is 20.2 Å². The maximum absolute atomic E-state index is 10.9. The van der Waals surface area contributed by atoms with Gasteiger partial charge in [0.25, 0.3) is 0 Å². The van der Waals surface area contributed by atoms with Gasteiger partial charge in [-0.1, -0.05) is 66.0 Å². The van der Waals surface area contributed by atoms with Crippen molar-refractivity contribution in [2.45, 2.75) is 125 Å². The monoisotopic (exact) mass is 442 g/mol. The molecule has 0 saturated heterocycles. The van der Waals surface area contributed by atoms with Gasteiger partial charge in [0, 0.05) is 0 Å². The van der Waals surface area contributed by atoms with Gasteiger partial charge in [-0.05, 0) is 123 Å². The van der Waals surface area contributed by atoms with Gasteiger partial charge in [0.1, 0.15) is 0 Å². The van der Waals surface area contributed by atoms with Crippen LogP contribution in [0.5, 0.6) is 0 Å². The number of hydrogen-bond acceptors (Lipinski definition) is 1. The first-order valence-corrected chi connectivity index (χ1v) is 14.5. The zero-order chi connectivity index (χ0) is 23.1. The molecule has 4 fully saturated rings. The van der Waals surface area contributed by atoms with E-state index in [0.717, 1.165) is 54.3 Å². The molecule has 0 heterocycles. The maximum Gasteiger partial charge on any atom is 0.0574 e. The maximum atomic E-state index is 10.9. The summed E-state index contributed by atoms with van der Waals surface area (Å²) < 4.78 is 0. The Morgan fingerprint density at radius 1 is 0.844 bits per heavy atom. The van der Waals surface area contributed by atoms with E-state index >= 15 is 0 Å². The highest BCUT2D eigenvalue weighted by atomic mass is 16.3. The van der Waals surface area contributed by atoms with E-state index in [1.165, 1.54) is 64.2 Å². The Labute approximate surface area is 200 Å². The predicted octanol–water partition coefficient (Wildman–Crippen LogP) is 8.66. The van der Waals surface area contributed by atoms with E-state index in [2.05, 4.69) is 53.7 Å². The van der Waals surface area contributed by atoms with Crippen molar-refractivity contribution < 1.29 is 5.11 Å². The van der Waals surface area contributed by atoms with E-state index in [-0.39, 0.29) is 6.10 Å². The zero-order valence-electron chi connectivity index (χ0n) is 22.3. The van der Waals surface area contributed by atoms with Crippen molar-refractivity contribution in [2.24, 2.45) is 58.2 Å². The minimum absolute atomic E-state index is 0.0720. The second-order valence-electron chi connectivity index (χ2n) is 13.7. The molecule has 0 bridgehead atoms. The molecule has 0 spiro atoms. The standard InChI is InChI=1S/C31H54O/c1-7-8-12-24-27-14-13-23-26-16-15-25(22(4)11-9-10-21(2)3)30(26,5)19-17-28(23)31(27,6)20-18-29(24)32/h7-8,21-29,32H,9-20H2,1-6H3/b8-7-/t22-,23?,24+,25-,26?,27?,28?,29-,30-,31+/m1/s1. The molecule has 4 aliphatic rings. The Kier molecular flexibility index (Phi) is 7.56. The number of allylic oxidation sites excluding steroid dienone is 2. The summed E-state index contributed by atoms with van der Waals surface area (Å²) in [7, 11) is 0. The van der Waals surface area contributed by atoms with E-state index < -0.39 is 0 Å². The van der Waals surface area contributed by atoms with Crippen LogP contribution in [-0.4, -0.2) is 11.2 Å². The smallest absolute Gasteiger partial charge is 0.0574 e. The number of aliphatic hydroxyl groups excluding tert-OH is 1. The quantitative estimate of drug-likeness (QED) is 0.391. The van der Waals surface area contributed by atoms with Crippen molar-refractivity contribution in [2.75, 3.05) is 0 Å². The second kappa shape index (κ2) is 9.75. The number of rotatable bonds is 7. The third-order valence-corrected chi connectivity index (χ3v) is 11.8. The molecule has 0 aromatic heterocycles. The Hall–Kier alpha value is -0.300. The van der Waals surface area contributed by atoms with Crippen molar-refractivity contribution in [3.63, 3.8) is 0 Å². The van der Waals surface area contributed by atoms with Gasteiger partial charge in [-0.3, -0.25) is 0 Å². The molecule has 4 rings (SSSR count). The highest BCUT2D eigenvalue weighted by molar-refractivity contribution is 5.11. The van der Waals surface area contributed by atoms with Gasteiger partial charge in [-0.25, -0.2) is 0 Å². The van der Waals surface area contributed by atoms with E-state index in [0.29, 0.717) is 16.7 Å². The van der Waals surface area contributed by atoms with Crippen LogP contribution < -0.4 is 0 Å². The highest BCUT2D eigenvalue weighted by Crippen LogP contribution is 2.69. The molecule has 0 aromatic rings. The first kappa shape index (κ1) is 24.8. The van der Waals surface area contributed by atoms with Crippen LogP contribution in [-0.2, 0) is 0 Å². The molecule has 1 nitrogen and oxygen atoms in total. The largest absolute Gasteiger partial charge is 0.393 e. The molecule has 0 radical (unpaired) electrons. The third kappa shape index (κ3) is 4.27. The average molecular weight is 443 g/mol. The average Bonchev–Trinajstić information content (AvgIpc) is 3.10. The van der Waals surface area contributed by atoms with E-state index in [4.69, 9.17) is 0 Å². The second-order valence-corrected chi connectivity index (χ2v) is 13.7. The number of aliphatic hydroxyl groups is 1. The van der Waals surface area contributed by atoms with Crippen molar-refractivity contribution >= 4 is 0 Å². The lowest BCUT2D eigenvalue weighted by Gasteiger charge is -2.62. The van der Waals surface area contributed by atoms with Crippen LogP contribution in [0.25, 0.3) is 0 Å². The molecule has 4 unspecified atom stereocenters. The Morgan fingerprint density at radius 2 is 1.53 bits per heavy atom. The Bertz CT molecular complexity index is 651. The summed E-state index contributed by atoms with van der Waals surface area (Å²) in [6.07, 6.45) is 20.9. The summed E-state index contributed by atoms with van der Waals surface area (Å²) in [5.74, 6) is 6.79. The number of hydrogen-bond donors (Lipinski definition) is 1. The van der Waals surface area contributed by atoms with Gasteiger partial charge in [0.15, 0.2) is 0 Å². The van der Waals surface area contributed by atoms with Crippen LogP contribution >= 0.6 is 0 Å². The van der Waals surface area contributed by atoms with Crippen molar-refractivity contribution in [1.82, 2.24) is 0 Å². The van der Waals surface area contributed by atoms with E-state index in [1.54, 1.807) is 0 Å². The zero-order valence-corrected chi connectivity index (χ0v) is 22.3. The number of fused-ring (bicyclic) bond motifs is 5.